The molecule has 0 aromatic carbocycles. The minimum absolute atomic E-state index is 0.00294. The van der Waals surface area contributed by atoms with Crippen LogP contribution in [0.15, 0.2) is 0 Å². The number of carbonyl (C=O) groups excluding carboxylic acids is 1. The van der Waals surface area contributed by atoms with Crippen LogP contribution in [0.3, 0.4) is 0 Å². The van der Waals surface area contributed by atoms with Gasteiger partial charge in [0.1, 0.15) is 5.54 Å². The smallest absolute Gasteiger partial charge is 0.325 e. The first-order valence-corrected chi connectivity index (χ1v) is 6.43. The lowest BCUT2D eigenvalue weighted by Gasteiger charge is -2.27. The van der Waals surface area contributed by atoms with E-state index in [4.69, 9.17) is 19.3 Å². The molecule has 106 valence electrons. The maximum atomic E-state index is 12.1. The second-order valence-corrected chi connectivity index (χ2v) is 5.88. The molecule has 19 heavy (non-hydrogen) atoms. The predicted molar refractivity (Wildman–Crippen MR) is 72.7 cm³/mol. The molecule has 0 unspecified atom stereocenters. The Bertz CT molecular complexity index is 370. The van der Waals surface area contributed by atoms with Crippen LogP contribution in [0.4, 0.5) is 0 Å². The highest BCUT2D eigenvalue weighted by Gasteiger charge is 2.51. The molecule has 1 aliphatic heterocycles. The van der Waals surface area contributed by atoms with Gasteiger partial charge in [0, 0.05) is 19.0 Å². The van der Waals surface area contributed by atoms with Gasteiger partial charge in [-0.25, -0.2) is 0 Å². The third-order valence-corrected chi connectivity index (χ3v) is 3.62. The first-order chi connectivity index (χ1) is 8.63. The Hall–Kier alpha value is -1.08. The van der Waals surface area contributed by atoms with Crippen LogP contribution >= 0.6 is 0 Å². The van der Waals surface area contributed by atoms with Crippen LogP contribution in [0.5, 0.6) is 0 Å². The van der Waals surface area contributed by atoms with Gasteiger partial charge in [-0.05, 0) is 20.3 Å². The van der Waals surface area contributed by atoms with E-state index < -0.39 is 17.0 Å². The number of aliphatic carboxylic acids is 1. The predicted octanol–water partition coefficient (Wildman–Crippen LogP) is -0.669. The standard InChI is InChI=1S/C12H22BN3O3/c1-11(2,14)9(17)16-6-8(4-3-5-13)12(15,7-16)10(18)19/h8H,3-7,14-15H2,1-2H3,(H,18,19)/t8-,12-/m0/s1. The van der Waals surface area contributed by atoms with Crippen LogP contribution in [0.1, 0.15) is 26.7 Å². The lowest BCUT2D eigenvalue weighted by molar-refractivity contribution is -0.144. The van der Waals surface area contributed by atoms with E-state index in [9.17, 15) is 14.7 Å². The van der Waals surface area contributed by atoms with Crippen LogP contribution in [0, 0.1) is 5.92 Å². The zero-order chi connectivity index (χ0) is 14.8. The molecule has 1 fully saturated rings. The summed E-state index contributed by atoms with van der Waals surface area (Å²) in [6.07, 6.45) is 1.75. The fraction of sp³-hybridized carbons (Fsp3) is 0.833. The van der Waals surface area contributed by atoms with E-state index in [1.807, 2.05) is 0 Å². The van der Waals surface area contributed by atoms with Crippen molar-refractivity contribution >= 4 is 19.7 Å². The van der Waals surface area contributed by atoms with Crippen molar-refractivity contribution in [2.75, 3.05) is 13.1 Å². The minimum Gasteiger partial charge on any atom is -0.480 e. The van der Waals surface area contributed by atoms with Gasteiger partial charge >= 0.3 is 5.97 Å². The summed E-state index contributed by atoms with van der Waals surface area (Å²) in [5.41, 5.74) is 9.32. The molecule has 0 aromatic rings. The SMILES string of the molecule is [B]CCC[C@H]1CN(C(=O)C(C)(C)N)C[C@@]1(N)C(=O)O. The number of nitrogens with zero attached hydrogens (tertiary/aromatic N) is 1. The Morgan fingerprint density at radius 3 is 2.53 bits per heavy atom. The number of carboxylic acids is 1. The van der Waals surface area contributed by atoms with Crippen molar-refractivity contribution in [1.82, 2.24) is 4.90 Å². The van der Waals surface area contributed by atoms with E-state index in [2.05, 4.69) is 0 Å². The number of nitrogens with two attached hydrogens (primary N) is 2. The number of carbonyl (C=O) groups is 2. The lowest BCUT2D eigenvalue weighted by atomic mass is 9.83. The van der Waals surface area contributed by atoms with Crippen molar-refractivity contribution in [3.63, 3.8) is 0 Å². The third kappa shape index (κ3) is 3.28. The summed E-state index contributed by atoms with van der Waals surface area (Å²) in [6.45, 7) is 3.52. The Morgan fingerprint density at radius 2 is 2.11 bits per heavy atom. The molecule has 2 radical (unpaired) electrons. The van der Waals surface area contributed by atoms with Crippen LogP contribution in [-0.2, 0) is 9.59 Å². The molecular weight excluding hydrogens is 245 g/mol. The number of likely N-dealkylation sites (tertiary alicyclic amines) is 1. The molecule has 2 atom stereocenters. The fourth-order valence-corrected chi connectivity index (χ4v) is 2.46. The highest BCUT2D eigenvalue weighted by atomic mass is 16.4. The maximum absolute atomic E-state index is 12.1. The molecule has 1 amide bonds. The molecule has 1 saturated heterocycles. The highest BCUT2D eigenvalue weighted by Crippen LogP contribution is 2.31. The van der Waals surface area contributed by atoms with Crippen LogP contribution < -0.4 is 11.5 Å². The van der Waals surface area contributed by atoms with Gasteiger partial charge in [0.2, 0.25) is 5.91 Å². The summed E-state index contributed by atoms with van der Waals surface area (Å²) in [5, 5.41) is 9.32. The first-order valence-electron chi connectivity index (χ1n) is 6.43. The van der Waals surface area contributed by atoms with Gasteiger partial charge in [0.15, 0.2) is 0 Å². The van der Waals surface area contributed by atoms with E-state index in [1.165, 1.54) is 4.90 Å². The van der Waals surface area contributed by atoms with E-state index >= 15 is 0 Å². The molecule has 7 heteroatoms. The average molecular weight is 267 g/mol. The van der Waals surface area contributed by atoms with Gasteiger partial charge < -0.3 is 21.5 Å². The Balaban J connectivity index is 2.88. The number of hydrogen-bond acceptors (Lipinski definition) is 4. The molecule has 0 bridgehead atoms. The molecule has 1 rings (SSSR count). The quantitative estimate of drug-likeness (QED) is 0.572. The number of amides is 1. The lowest BCUT2D eigenvalue weighted by Crippen LogP contribution is -2.56. The van der Waals surface area contributed by atoms with Crippen molar-refractivity contribution < 1.29 is 14.7 Å². The molecule has 0 spiro atoms. The molecule has 0 saturated carbocycles. The summed E-state index contributed by atoms with van der Waals surface area (Å²) in [4.78, 5) is 25.0. The van der Waals surface area contributed by atoms with Crippen molar-refractivity contribution in [3.05, 3.63) is 0 Å². The van der Waals surface area contributed by atoms with Crippen molar-refractivity contribution in [3.8, 4) is 0 Å². The molecular formula is C12H22BN3O3. The summed E-state index contributed by atoms with van der Waals surface area (Å²) < 4.78 is 0. The van der Waals surface area contributed by atoms with E-state index in [-0.39, 0.29) is 18.4 Å². The monoisotopic (exact) mass is 267 g/mol. The van der Waals surface area contributed by atoms with Gasteiger partial charge in [0.25, 0.3) is 0 Å². The van der Waals surface area contributed by atoms with E-state index in [1.54, 1.807) is 13.8 Å². The first kappa shape index (κ1) is 16.0. The van der Waals surface area contributed by atoms with Crippen LogP contribution in [0.25, 0.3) is 0 Å². The normalized spacial score (nSPS) is 27.6. The Kier molecular flexibility index (Phi) is 4.63. The van der Waals surface area contributed by atoms with Crippen molar-refractivity contribution in [2.45, 2.75) is 44.1 Å². The van der Waals surface area contributed by atoms with Gasteiger partial charge in [-0.15, -0.1) is 0 Å². The average Bonchev–Trinajstić information content (AvgIpc) is 2.63. The largest absolute Gasteiger partial charge is 0.480 e. The van der Waals surface area contributed by atoms with Gasteiger partial charge in [0.05, 0.1) is 13.4 Å². The molecule has 1 aliphatic rings. The summed E-state index contributed by atoms with van der Waals surface area (Å²) in [6, 6.07) is 0. The molecule has 0 aromatic heterocycles. The fourth-order valence-electron chi connectivity index (χ4n) is 2.46. The molecule has 5 N–H and O–H groups in total. The van der Waals surface area contributed by atoms with E-state index in [0.717, 1.165) is 0 Å². The number of rotatable bonds is 5. The third-order valence-electron chi connectivity index (χ3n) is 3.62. The minimum atomic E-state index is -1.41. The zero-order valence-electron chi connectivity index (χ0n) is 11.6. The molecule has 0 aliphatic carbocycles. The highest BCUT2D eigenvalue weighted by molar-refractivity contribution is 6.08. The second-order valence-electron chi connectivity index (χ2n) is 5.88. The van der Waals surface area contributed by atoms with Gasteiger partial charge in [-0.3, -0.25) is 9.59 Å². The van der Waals surface area contributed by atoms with Crippen LogP contribution in [0.2, 0.25) is 6.32 Å². The number of hydrogen-bond donors (Lipinski definition) is 3. The topological polar surface area (TPSA) is 110 Å². The van der Waals surface area contributed by atoms with E-state index in [0.29, 0.717) is 25.7 Å². The Morgan fingerprint density at radius 1 is 1.53 bits per heavy atom. The van der Waals surface area contributed by atoms with Crippen molar-refractivity contribution in [1.29, 1.82) is 0 Å². The maximum Gasteiger partial charge on any atom is 0.325 e. The van der Waals surface area contributed by atoms with Gasteiger partial charge in [-0.2, -0.15) is 0 Å². The summed E-state index contributed by atoms with van der Waals surface area (Å²) in [5.74, 6) is -1.65. The zero-order valence-corrected chi connectivity index (χ0v) is 11.6. The summed E-state index contributed by atoms with van der Waals surface area (Å²) >= 11 is 0. The molecule has 6 nitrogen and oxygen atoms in total. The van der Waals surface area contributed by atoms with Gasteiger partial charge in [-0.1, -0.05) is 12.7 Å². The number of carboxylic acid groups (broad SMARTS) is 1. The van der Waals surface area contributed by atoms with Crippen molar-refractivity contribution in [2.24, 2.45) is 17.4 Å². The molecule has 1 heterocycles. The van der Waals surface area contributed by atoms with Crippen LogP contribution in [-0.4, -0.2) is 53.9 Å². The summed E-state index contributed by atoms with van der Waals surface area (Å²) in [7, 11) is 5.45. The Labute approximate surface area is 114 Å². The second kappa shape index (κ2) is 5.50.